The molecule has 0 radical (unpaired) electrons. The van der Waals surface area contributed by atoms with Crippen molar-refractivity contribution < 1.29 is 14.3 Å². The van der Waals surface area contributed by atoms with Gasteiger partial charge in [-0.1, -0.05) is 36.4 Å². The Morgan fingerprint density at radius 2 is 1.95 bits per heavy atom. The molecule has 0 aliphatic carbocycles. The molecule has 2 aromatic carbocycles. The highest BCUT2D eigenvalue weighted by Crippen LogP contribution is 2.32. The van der Waals surface area contributed by atoms with Crippen molar-refractivity contribution in [3.63, 3.8) is 0 Å². The largest absolute Gasteiger partial charge is 0.454 e. The summed E-state index contributed by atoms with van der Waals surface area (Å²) in [6.07, 6.45) is 1.85. The minimum atomic E-state index is -0.180. The number of nitrogens with zero attached hydrogens (tertiary/aromatic N) is 1. The first kappa shape index (κ1) is 13.2. The van der Waals surface area contributed by atoms with E-state index in [1.807, 2.05) is 42.5 Å². The van der Waals surface area contributed by atoms with Crippen molar-refractivity contribution in [1.82, 2.24) is 5.43 Å². The van der Waals surface area contributed by atoms with E-state index in [9.17, 15) is 4.79 Å². The van der Waals surface area contributed by atoms with Gasteiger partial charge in [-0.3, -0.25) is 4.79 Å². The molecule has 2 aromatic rings. The lowest BCUT2D eigenvalue weighted by molar-refractivity contribution is -0.120. The monoisotopic (exact) mass is 282 g/mol. The average molecular weight is 282 g/mol. The van der Waals surface area contributed by atoms with Crippen molar-refractivity contribution in [2.75, 3.05) is 6.79 Å². The van der Waals surface area contributed by atoms with Gasteiger partial charge in [0.15, 0.2) is 11.5 Å². The normalized spacial score (nSPS) is 12.6. The Balaban J connectivity index is 1.56. The number of nitrogens with one attached hydrogen (secondary N) is 1. The van der Waals surface area contributed by atoms with Crippen LogP contribution >= 0.6 is 0 Å². The van der Waals surface area contributed by atoms with E-state index in [2.05, 4.69) is 10.5 Å². The second-order valence-corrected chi connectivity index (χ2v) is 4.57. The van der Waals surface area contributed by atoms with Crippen LogP contribution in [0.15, 0.2) is 53.6 Å². The summed E-state index contributed by atoms with van der Waals surface area (Å²) in [4.78, 5) is 11.8. The number of hydrazone groups is 1. The van der Waals surface area contributed by atoms with E-state index < -0.39 is 0 Å². The Kier molecular flexibility index (Phi) is 3.82. The Labute approximate surface area is 122 Å². The van der Waals surface area contributed by atoms with Crippen LogP contribution in [0.1, 0.15) is 11.1 Å². The van der Waals surface area contributed by atoms with E-state index in [1.54, 1.807) is 12.3 Å². The first-order valence-corrected chi connectivity index (χ1v) is 6.57. The molecule has 0 bridgehead atoms. The van der Waals surface area contributed by atoms with Gasteiger partial charge >= 0.3 is 0 Å². The van der Waals surface area contributed by atoms with Crippen LogP contribution in [0.4, 0.5) is 0 Å². The molecule has 1 heterocycles. The standard InChI is InChI=1S/C16H14N2O3/c19-16(18-17-10-12-4-2-1-3-5-12)9-13-6-7-14-15(8-13)21-11-20-14/h1-8,10H,9,11H2,(H,18,19)/b17-10-. The van der Waals surface area contributed by atoms with Crippen LogP contribution < -0.4 is 14.9 Å². The van der Waals surface area contributed by atoms with Gasteiger partial charge in [0.2, 0.25) is 12.7 Å². The summed E-state index contributed by atoms with van der Waals surface area (Å²) in [6, 6.07) is 15.0. The maximum Gasteiger partial charge on any atom is 0.244 e. The van der Waals surface area contributed by atoms with Gasteiger partial charge < -0.3 is 9.47 Å². The Morgan fingerprint density at radius 3 is 2.81 bits per heavy atom. The summed E-state index contributed by atoms with van der Waals surface area (Å²) in [5.41, 5.74) is 4.29. The van der Waals surface area contributed by atoms with Crippen molar-refractivity contribution in [2.45, 2.75) is 6.42 Å². The van der Waals surface area contributed by atoms with Gasteiger partial charge in [0.1, 0.15) is 0 Å². The van der Waals surface area contributed by atoms with Gasteiger partial charge in [0, 0.05) is 0 Å². The molecule has 0 atom stereocenters. The van der Waals surface area contributed by atoms with Crippen LogP contribution in [0, 0.1) is 0 Å². The molecule has 5 nitrogen and oxygen atoms in total. The molecule has 1 aliphatic heterocycles. The van der Waals surface area contributed by atoms with Gasteiger partial charge in [-0.2, -0.15) is 5.10 Å². The summed E-state index contributed by atoms with van der Waals surface area (Å²) in [6.45, 7) is 0.229. The minimum Gasteiger partial charge on any atom is -0.454 e. The fourth-order valence-corrected chi connectivity index (χ4v) is 1.99. The Bertz CT molecular complexity index is 668. The molecule has 5 heteroatoms. The quantitative estimate of drug-likeness (QED) is 0.690. The summed E-state index contributed by atoms with van der Waals surface area (Å²) >= 11 is 0. The van der Waals surface area contributed by atoms with E-state index in [-0.39, 0.29) is 19.1 Å². The van der Waals surface area contributed by atoms with Crippen LogP contribution in [0.3, 0.4) is 0 Å². The number of carbonyl (C=O) groups excluding carboxylic acids is 1. The highest BCUT2D eigenvalue weighted by Gasteiger charge is 2.14. The Hall–Kier alpha value is -2.82. The minimum absolute atomic E-state index is 0.180. The topological polar surface area (TPSA) is 59.9 Å². The van der Waals surface area contributed by atoms with E-state index in [1.165, 1.54) is 0 Å². The lowest BCUT2D eigenvalue weighted by Crippen LogP contribution is -2.19. The summed E-state index contributed by atoms with van der Waals surface area (Å²) in [7, 11) is 0. The number of rotatable bonds is 4. The fourth-order valence-electron chi connectivity index (χ4n) is 1.99. The summed E-state index contributed by atoms with van der Waals surface area (Å²) in [5, 5.41) is 3.93. The molecule has 1 amide bonds. The van der Waals surface area contributed by atoms with Crippen LogP contribution in [-0.4, -0.2) is 18.9 Å². The molecule has 0 spiro atoms. The third-order valence-electron chi connectivity index (χ3n) is 3.00. The first-order chi connectivity index (χ1) is 10.3. The smallest absolute Gasteiger partial charge is 0.244 e. The van der Waals surface area contributed by atoms with Crippen LogP contribution in [0.2, 0.25) is 0 Å². The molecule has 106 valence electrons. The van der Waals surface area contributed by atoms with Gasteiger partial charge in [0.05, 0.1) is 12.6 Å². The van der Waals surface area contributed by atoms with Crippen LogP contribution in [0.5, 0.6) is 11.5 Å². The van der Waals surface area contributed by atoms with Crippen molar-refractivity contribution in [3.05, 3.63) is 59.7 Å². The molecule has 0 saturated heterocycles. The number of fused-ring (bicyclic) bond motifs is 1. The van der Waals surface area contributed by atoms with E-state index in [0.29, 0.717) is 11.5 Å². The molecule has 1 aliphatic rings. The van der Waals surface area contributed by atoms with Crippen molar-refractivity contribution in [3.8, 4) is 11.5 Å². The van der Waals surface area contributed by atoms with E-state index in [4.69, 9.17) is 9.47 Å². The second-order valence-electron chi connectivity index (χ2n) is 4.57. The van der Waals surface area contributed by atoms with Crippen LogP contribution in [-0.2, 0) is 11.2 Å². The second kappa shape index (κ2) is 6.09. The number of amides is 1. The molecule has 3 rings (SSSR count). The number of benzene rings is 2. The maximum absolute atomic E-state index is 11.8. The summed E-state index contributed by atoms with van der Waals surface area (Å²) < 4.78 is 10.5. The van der Waals surface area contributed by atoms with E-state index >= 15 is 0 Å². The third-order valence-corrected chi connectivity index (χ3v) is 3.00. The SMILES string of the molecule is O=C(Cc1ccc2c(c1)OCO2)N/N=C\c1ccccc1. The highest BCUT2D eigenvalue weighted by atomic mass is 16.7. The molecule has 21 heavy (non-hydrogen) atoms. The van der Waals surface area contributed by atoms with Gasteiger partial charge in [-0.05, 0) is 23.3 Å². The van der Waals surface area contributed by atoms with Crippen molar-refractivity contribution in [2.24, 2.45) is 5.10 Å². The van der Waals surface area contributed by atoms with Gasteiger partial charge in [-0.15, -0.1) is 0 Å². The van der Waals surface area contributed by atoms with Crippen LogP contribution in [0.25, 0.3) is 0 Å². The molecule has 0 saturated carbocycles. The molecular weight excluding hydrogens is 268 g/mol. The number of hydrogen-bond donors (Lipinski definition) is 1. The fraction of sp³-hybridized carbons (Fsp3) is 0.125. The number of ether oxygens (including phenoxy) is 2. The zero-order valence-corrected chi connectivity index (χ0v) is 11.3. The van der Waals surface area contributed by atoms with Crippen molar-refractivity contribution >= 4 is 12.1 Å². The number of hydrogen-bond acceptors (Lipinski definition) is 4. The summed E-state index contributed by atoms with van der Waals surface area (Å²) in [5.74, 6) is 1.20. The average Bonchev–Trinajstić information content (AvgIpc) is 2.96. The number of carbonyl (C=O) groups is 1. The molecular formula is C16H14N2O3. The third kappa shape index (κ3) is 3.39. The predicted molar refractivity (Wildman–Crippen MR) is 78.4 cm³/mol. The lowest BCUT2D eigenvalue weighted by Gasteiger charge is -2.02. The Morgan fingerprint density at radius 1 is 1.14 bits per heavy atom. The predicted octanol–water partition coefficient (Wildman–Crippen LogP) is 2.11. The molecule has 0 aromatic heterocycles. The lowest BCUT2D eigenvalue weighted by atomic mass is 10.1. The first-order valence-electron chi connectivity index (χ1n) is 6.57. The maximum atomic E-state index is 11.8. The highest BCUT2D eigenvalue weighted by molar-refractivity contribution is 5.83. The molecule has 0 unspecified atom stereocenters. The van der Waals surface area contributed by atoms with Gasteiger partial charge in [-0.25, -0.2) is 5.43 Å². The van der Waals surface area contributed by atoms with Crippen molar-refractivity contribution in [1.29, 1.82) is 0 Å². The van der Waals surface area contributed by atoms with Gasteiger partial charge in [0.25, 0.3) is 0 Å². The zero-order chi connectivity index (χ0) is 14.5. The zero-order valence-electron chi connectivity index (χ0n) is 11.3. The molecule has 1 N–H and O–H groups in total. The molecule has 0 fully saturated rings. The van der Waals surface area contributed by atoms with E-state index in [0.717, 1.165) is 11.1 Å².